The van der Waals surface area contributed by atoms with Crippen LogP contribution in [0.25, 0.3) is 0 Å². The number of nitrogens with one attached hydrogen (secondary N) is 1. The van der Waals surface area contributed by atoms with Gasteiger partial charge in [-0.1, -0.05) is 18.2 Å². The Kier molecular flexibility index (Phi) is 3.71. The Balaban J connectivity index is 1.89. The number of hydrogen-bond acceptors (Lipinski definition) is 2. The number of fused-ring (bicyclic) bond motifs is 1. The van der Waals surface area contributed by atoms with Crippen molar-refractivity contribution in [3.8, 4) is 0 Å². The van der Waals surface area contributed by atoms with Crippen molar-refractivity contribution in [1.82, 2.24) is 5.32 Å². The van der Waals surface area contributed by atoms with Gasteiger partial charge in [-0.15, -0.1) is 0 Å². The highest BCUT2D eigenvalue weighted by molar-refractivity contribution is 5.77. The molecule has 0 aliphatic heterocycles. The Labute approximate surface area is 109 Å². The van der Waals surface area contributed by atoms with Crippen LogP contribution in [0, 0.1) is 0 Å². The molecule has 1 aliphatic rings. The fourth-order valence-electron chi connectivity index (χ4n) is 2.41. The molecule has 0 saturated heterocycles. The summed E-state index contributed by atoms with van der Waals surface area (Å²) in [5.74, 6) is 0.0167. The molecular formula is C15H22N2O. The van der Waals surface area contributed by atoms with Crippen molar-refractivity contribution < 1.29 is 4.79 Å². The van der Waals surface area contributed by atoms with Crippen LogP contribution in [0.3, 0.4) is 0 Å². The topological polar surface area (TPSA) is 55.1 Å². The summed E-state index contributed by atoms with van der Waals surface area (Å²) in [6, 6.07) is 6.52. The van der Waals surface area contributed by atoms with Crippen molar-refractivity contribution in [2.24, 2.45) is 5.73 Å². The van der Waals surface area contributed by atoms with Crippen molar-refractivity contribution in [2.45, 2.75) is 51.6 Å². The summed E-state index contributed by atoms with van der Waals surface area (Å²) < 4.78 is 0. The van der Waals surface area contributed by atoms with Crippen molar-refractivity contribution in [1.29, 1.82) is 0 Å². The molecule has 0 unspecified atom stereocenters. The van der Waals surface area contributed by atoms with Gasteiger partial charge in [0.15, 0.2) is 0 Å². The maximum absolute atomic E-state index is 11.7. The first-order valence-electron chi connectivity index (χ1n) is 6.60. The van der Waals surface area contributed by atoms with E-state index in [9.17, 15) is 4.79 Å². The van der Waals surface area contributed by atoms with Gasteiger partial charge in [-0.25, -0.2) is 0 Å². The number of amides is 1. The smallest absolute Gasteiger partial charge is 0.222 e. The van der Waals surface area contributed by atoms with Gasteiger partial charge in [0.1, 0.15) is 0 Å². The second-order valence-electron chi connectivity index (χ2n) is 5.90. The molecule has 1 aromatic carbocycles. The molecule has 0 heterocycles. The molecule has 0 bridgehead atoms. The van der Waals surface area contributed by atoms with Crippen LogP contribution in [0.2, 0.25) is 0 Å². The van der Waals surface area contributed by atoms with Crippen molar-refractivity contribution in [3.63, 3.8) is 0 Å². The quantitative estimate of drug-likeness (QED) is 0.852. The van der Waals surface area contributed by atoms with Crippen LogP contribution >= 0.6 is 0 Å². The number of carbonyl (C=O) groups excluding carboxylic acids is 1. The SMILES string of the molecule is CC(C)(N)CC(=O)NCc1ccc2c(c1)CCC2. The van der Waals surface area contributed by atoms with E-state index in [2.05, 4.69) is 23.5 Å². The molecule has 18 heavy (non-hydrogen) atoms. The zero-order valence-corrected chi connectivity index (χ0v) is 11.3. The number of nitrogens with two attached hydrogens (primary N) is 1. The summed E-state index contributed by atoms with van der Waals surface area (Å²) in [5.41, 5.74) is 9.47. The van der Waals surface area contributed by atoms with Crippen LogP contribution in [-0.4, -0.2) is 11.4 Å². The Morgan fingerprint density at radius 2 is 2.06 bits per heavy atom. The summed E-state index contributed by atoms with van der Waals surface area (Å²) >= 11 is 0. The number of hydrogen-bond donors (Lipinski definition) is 2. The molecule has 3 nitrogen and oxygen atoms in total. The number of rotatable bonds is 4. The zero-order valence-electron chi connectivity index (χ0n) is 11.3. The van der Waals surface area contributed by atoms with E-state index in [0.717, 1.165) is 0 Å². The summed E-state index contributed by atoms with van der Waals surface area (Å²) in [4.78, 5) is 11.7. The monoisotopic (exact) mass is 246 g/mol. The molecule has 0 aromatic heterocycles. The van der Waals surface area contributed by atoms with Crippen molar-refractivity contribution in [2.75, 3.05) is 0 Å². The van der Waals surface area contributed by atoms with Gasteiger partial charge < -0.3 is 11.1 Å². The van der Waals surface area contributed by atoms with Crippen LogP contribution in [0.15, 0.2) is 18.2 Å². The van der Waals surface area contributed by atoms with Crippen LogP contribution in [0.4, 0.5) is 0 Å². The fraction of sp³-hybridized carbons (Fsp3) is 0.533. The maximum Gasteiger partial charge on any atom is 0.222 e. The second kappa shape index (κ2) is 5.11. The Hall–Kier alpha value is -1.35. The average molecular weight is 246 g/mol. The maximum atomic E-state index is 11.7. The Morgan fingerprint density at radius 1 is 1.33 bits per heavy atom. The third-order valence-electron chi connectivity index (χ3n) is 3.27. The normalized spacial score (nSPS) is 14.4. The van der Waals surface area contributed by atoms with Gasteiger partial charge in [0.05, 0.1) is 0 Å². The highest BCUT2D eigenvalue weighted by Crippen LogP contribution is 2.22. The summed E-state index contributed by atoms with van der Waals surface area (Å²) in [6.07, 6.45) is 3.99. The van der Waals surface area contributed by atoms with Crippen LogP contribution in [0.5, 0.6) is 0 Å². The lowest BCUT2D eigenvalue weighted by Gasteiger charge is -2.17. The lowest BCUT2D eigenvalue weighted by molar-refractivity contribution is -0.122. The molecule has 98 valence electrons. The van der Waals surface area contributed by atoms with E-state index >= 15 is 0 Å². The number of aryl methyl sites for hydroxylation is 2. The Bertz CT molecular complexity index is 446. The van der Waals surface area contributed by atoms with Crippen molar-refractivity contribution >= 4 is 5.91 Å². The summed E-state index contributed by atoms with van der Waals surface area (Å²) in [5, 5.41) is 2.93. The molecule has 0 radical (unpaired) electrons. The zero-order chi connectivity index (χ0) is 13.2. The molecule has 1 amide bonds. The molecule has 3 N–H and O–H groups in total. The third kappa shape index (κ3) is 3.57. The Morgan fingerprint density at radius 3 is 2.78 bits per heavy atom. The van der Waals surface area contributed by atoms with Crippen molar-refractivity contribution in [3.05, 3.63) is 34.9 Å². The molecule has 3 heteroatoms. The van der Waals surface area contributed by atoms with Gasteiger partial charge in [-0.2, -0.15) is 0 Å². The molecule has 0 fully saturated rings. The molecule has 0 atom stereocenters. The molecule has 0 saturated carbocycles. The van der Waals surface area contributed by atoms with Gasteiger partial charge in [-0.05, 0) is 49.8 Å². The summed E-state index contributed by atoms with van der Waals surface area (Å²) in [6.45, 7) is 4.33. The minimum Gasteiger partial charge on any atom is -0.352 e. The summed E-state index contributed by atoms with van der Waals surface area (Å²) in [7, 11) is 0. The van der Waals surface area contributed by atoms with Crippen LogP contribution in [0.1, 0.15) is 43.4 Å². The molecular weight excluding hydrogens is 224 g/mol. The lowest BCUT2D eigenvalue weighted by Crippen LogP contribution is -2.38. The first kappa shape index (κ1) is 13.1. The van der Waals surface area contributed by atoms with Gasteiger partial charge in [0, 0.05) is 18.5 Å². The predicted molar refractivity (Wildman–Crippen MR) is 73.2 cm³/mol. The third-order valence-corrected chi connectivity index (χ3v) is 3.27. The van der Waals surface area contributed by atoms with E-state index in [1.165, 1.54) is 36.0 Å². The highest BCUT2D eigenvalue weighted by atomic mass is 16.1. The van der Waals surface area contributed by atoms with Gasteiger partial charge in [-0.3, -0.25) is 4.79 Å². The van der Waals surface area contributed by atoms with E-state index in [0.29, 0.717) is 13.0 Å². The van der Waals surface area contributed by atoms with Gasteiger partial charge >= 0.3 is 0 Å². The molecule has 1 aromatic rings. The minimum absolute atomic E-state index is 0.0167. The predicted octanol–water partition coefficient (Wildman–Crippen LogP) is 1.92. The molecule has 0 spiro atoms. The number of benzene rings is 1. The minimum atomic E-state index is -0.442. The van der Waals surface area contributed by atoms with E-state index in [-0.39, 0.29) is 5.91 Å². The second-order valence-corrected chi connectivity index (χ2v) is 5.90. The van der Waals surface area contributed by atoms with E-state index in [4.69, 9.17) is 5.73 Å². The number of carbonyl (C=O) groups is 1. The van der Waals surface area contributed by atoms with Gasteiger partial charge in [0.25, 0.3) is 0 Å². The van der Waals surface area contributed by atoms with E-state index in [1.54, 1.807) is 0 Å². The van der Waals surface area contributed by atoms with Crippen LogP contribution in [-0.2, 0) is 24.2 Å². The van der Waals surface area contributed by atoms with E-state index in [1.807, 2.05) is 13.8 Å². The lowest BCUT2D eigenvalue weighted by atomic mass is 10.0. The average Bonchev–Trinajstić information content (AvgIpc) is 2.71. The standard InChI is InChI=1S/C15H22N2O/c1-15(2,16)9-14(18)17-10-11-6-7-12-4-3-5-13(12)8-11/h6-8H,3-5,9-10,16H2,1-2H3,(H,17,18). The van der Waals surface area contributed by atoms with Gasteiger partial charge in [0.2, 0.25) is 5.91 Å². The first-order valence-corrected chi connectivity index (χ1v) is 6.60. The fourth-order valence-corrected chi connectivity index (χ4v) is 2.41. The van der Waals surface area contributed by atoms with Crippen LogP contribution < -0.4 is 11.1 Å². The molecule has 2 rings (SSSR count). The largest absolute Gasteiger partial charge is 0.352 e. The highest BCUT2D eigenvalue weighted by Gasteiger charge is 2.16. The molecule has 1 aliphatic carbocycles. The first-order chi connectivity index (χ1) is 8.44. The van der Waals surface area contributed by atoms with E-state index < -0.39 is 5.54 Å².